The molecule has 39 heavy (non-hydrogen) atoms. The molecule has 0 aliphatic carbocycles. The van der Waals surface area contributed by atoms with Crippen molar-refractivity contribution in [3.8, 4) is 11.3 Å². The molecule has 1 atom stereocenters. The van der Waals surface area contributed by atoms with Crippen molar-refractivity contribution in [1.29, 1.82) is 0 Å². The van der Waals surface area contributed by atoms with Gasteiger partial charge < -0.3 is 15.0 Å². The quantitative estimate of drug-likeness (QED) is 0.291. The first-order chi connectivity index (χ1) is 18.8. The molecule has 0 radical (unpaired) electrons. The van der Waals surface area contributed by atoms with E-state index in [9.17, 15) is 9.59 Å². The molecule has 4 rings (SSSR count). The van der Waals surface area contributed by atoms with Crippen LogP contribution >= 0.6 is 0 Å². The number of carbonyl (C=O) groups excluding carboxylic acids is 2. The molecule has 1 aromatic carbocycles. The Hall–Kier alpha value is -4.37. The van der Waals surface area contributed by atoms with E-state index in [-0.39, 0.29) is 17.9 Å². The van der Waals surface area contributed by atoms with E-state index in [1.165, 1.54) is 6.08 Å². The predicted molar refractivity (Wildman–Crippen MR) is 152 cm³/mol. The van der Waals surface area contributed by atoms with Crippen LogP contribution < -0.4 is 5.32 Å². The standard InChI is InChI=1S/C30H34N6O3/c1-6-8-22-14-15-32-25(19-22)33-30(38)24-12-10-23(11-13-24)27-28-20(2)31-16-17-36(28)29(34-27)21(3)35(4)26(37)9-7-18-39-5/h7,9-17,19,21H,6,8,18H2,1-5H3,(H,32,33,38)/b9-7+. The van der Waals surface area contributed by atoms with Crippen LogP contribution in [-0.2, 0) is 16.0 Å². The Labute approximate surface area is 228 Å². The fourth-order valence-electron chi connectivity index (χ4n) is 4.40. The average molecular weight is 527 g/mol. The summed E-state index contributed by atoms with van der Waals surface area (Å²) < 4.78 is 6.97. The molecule has 9 nitrogen and oxygen atoms in total. The van der Waals surface area contributed by atoms with Crippen molar-refractivity contribution >= 4 is 23.1 Å². The number of aromatic nitrogens is 4. The van der Waals surface area contributed by atoms with Gasteiger partial charge in [-0.25, -0.2) is 9.97 Å². The number of hydrogen-bond acceptors (Lipinski definition) is 6. The largest absolute Gasteiger partial charge is 0.381 e. The molecule has 4 aromatic rings. The van der Waals surface area contributed by atoms with Crippen LogP contribution in [0.25, 0.3) is 16.8 Å². The van der Waals surface area contributed by atoms with E-state index in [2.05, 4.69) is 22.2 Å². The van der Waals surface area contributed by atoms with Crippen molar-refractivity contribution in [1.82, 2.24) is 24.3 Å². The first kappa shape index (κ1) is 27.7. The fraction of sp³-hybridized carbons (Fsp3) is 0.300. The zero-order valence-corrected chi connectivity index (χ0v) is 23.0. The number of likely N-dealkylation sites (N-methyl/N-ethyl adjacent to an activating group) is 1. The summed E-state index contributed by atoms with van der Waals surface area (Å²) in [6, 6.07) is 10.9. The van der Waals surface area contributed by atoms with E-state index in [1.807, 2.05) is 48.7 Å². The number of aryl methyl sites for hydroxylation is 2. The first-order valence-corrected chi connectivity index (χ1v) is 13.0. The number of imidazole rings is 1. The summed E-state index contributed by atoms with van der Waals surface area (Å²) >= 11 is 0. The number of carbonyl (C=O) groups is 2. The fourth-order valence-corrected chi connectivity index (χ4v) is 4.40. The number of rotatable bonds is 10. The van der Waals surface area contributed by atoms with Gasteiger partial charge in [-0.3, -0.25) is 19.0 Å². The van der Waals surface area contributed by atoms with Crippen LogP contribution in [-0.4, -0.2) is 56.8 Å². The molecule has 0 saturated heterocycles. The highest BCUT2D eigenvalue weighted by molar-refractivity contribution is 6.04. The molecule has 0 fully saturated rings. The normalized spacial score (nSPS) is 12.1. The smallest absolute Gasteiger partial charge is 0.256 e. The number of ether oxygens (including phenoxy) is 1. The van der Waals surface area contributed by atoms with Gasteiger partial charge in [0.1, 0.15) is 11.6 Å². The van der Waals surface area contributed by atoms with Gasteiger partial charge in [-0.05, 0) is 50.1 Å². The number of benzene rings is 1. The number of anilines is 1. The van der Waals surface area contributed by atoms with Crippen LogP contribution in [0.1, 0.15) is 53.7 Å². The molecule has 1 unspecified atom stereocenters. The molecule has 9 heteroatoms. The summed E-state index contributed by atoms with van der Waals surface area (Å²) in [5.74, 6) is 0.868. The molecule has 202 valence electrons. The predicted octanol–water partition coefficient (Wildman–Crippen LogP) is 5.03. The summed E-state index contributed by atoms with van der Waals surface area (Å²) in [4.78, 5) is 40.9. The molecule has 0 aliphatic heterocycles. The Kier molecular flexibility index (Phi) is 8.83. The highest BCUT2D eigenvalue weighted by atomic mass is 16.5. The maximum absolute atomic E-state index is 12.9. The lowest BCUT2D eigenvalue weighted by molar-refractivity contribution is -0.126. The third-order valence-electron chi connectivity index (χ3n) is 6.62. The average Bonchev–Trinajstić information content (AvgIpc) is 3.34. The SMILES string of the molecule is CCCc1ccnc(NC(=O)c2ccc(-c3nc(C(C)N(C)C(=O)/C=C/COC)n4ccnc(C)c34)cc2)c1. The number of nitrogens with zero attached hydrogens (tertiary/aromatic N) is 5. The van der Waals surface area contributed by atoms with E-state index in [1.54, 1.807) is 49.7 Å². The van der Waals surface area contributed by atoms with Gasteiger partial charge in [0.25, 0.3) is 5.91 Å². The van der Waals surface area contributed by atoms with Crippen molar-refractivity contribution in [3.63, 3.8) is 0 Å². The Bertz CT molecular complexity index is 1490. The second-order valence-corrected chi connectivity index (χ2v) is 9.36. The molecule has 3 heterocycles. The van der Waals surface area contributed by atoms with Crippen molar-refractivity contribution in [2.75, 3.05) is 26.1 Å². The van der Waals surface area contributed by atoms with Crippen LogP contribution in [0.15, 0.2) is 67.1 Å². The Morgan fingerprint density at radius 1 is 1.15 bits per heavy atom. The zero-order valence-electron chi connectivity index (χ0n) is 23.0. The Balaban J connectivity index is 1.61. The summed E-state index contributed by atoms with van der Waals surface area (Å²) in [6.45, 7) is 6.35. The van der Waals surface area contributed by atoms with E-state index in [4.69, 9.17) is 9.72 Å². The Morgan fingerprint density at radius 2 is 1.92 bits per heavy atom. The van der Waals surface area contributed by atoms with E-state index in [0.717, 1.165) is 40.9 Å². The molecule has 2 amide bonds. The van der Waals surface area contributed by atoms with Crippen molar-refractivity contribution in [3.05, 3.63) is 89.8 Å². The molecule has 0 bridgehead atoms. The lowest BCUT2D eigenvalue weighted by Crippen LogP contribution is -2.29. The van der Waals surface area contributed by atoms with Gasteiger partial charge >= 0.3 is 0 Å². The molecule has 0 saturated carbocycles. The maximum Gasteiger partial charge on any atom is 0.256 e. The minimum atomic E-state index is -0.311. The van der Waals surface area contributed by atoms with Gasteiger partial charge in [0.2, 0.25) is 5.91 Å². The minimum Gasteiger partial charge on any atom is -0.381 e. The van der Waals surface area contributed by atoms with Gasteiger partial charge in [0.05, 0.1) is 29.6 Å². The van der Waals surface area contributed by atoms with Crippen LogP contribution in [0.2, 0.25) is 0 Å². The van der Waals surface area contributed by atoms with Crippen LogP contribution in [0.3, 0.4) is 0 Å². The molecular weight excluding hydrogens is 492 g/mol. The molecular formula is C30H34N6O3. The first-order valence-electron chi connectivity index (χ1n) is 13.0. The van der Waals surface area contributed by atoms with Crippen LogP contribution in [0.5, 0.6) is 0 Å². The third kappa shape index (κ3) is 6.21. The van der Waals surface area contributed by atoms with Crippen molar-refractivity contribution in [2.24, 2.45) is 0 Å². The van der Waals surface area contributed by atoms with Crippen molar-refractivity contribution < 1.29 is 14.3 Å². The zero-order chi connectivity index (χ0) is 27.9. The van der Waals surface area contributed by atoms with Gasteiger partial charge in [-0.2, -0.15) is 0 Å². The van der Waals surface area contributed by atoms with Gasteiger partial charge in [0.15, 0.2) is 0 Å². The maximum atomic E-state index is 12.9. The number of pyridine rings is 1. The highest BCUT2D eigenvalue weighted by Crippen LogP contribution is 2.30. The van der Waals surface area contributed by atoms with Crippen LogP contribution in [0.4, 0.5) is 5.82 Å². The molecule has 3 aromatic heterocycles. The van der Waals surface area contributed by atoms with Gasteiger partial charge in [-0.1, -0.05) is 31.6 Å². The number of fused-ring (bicyclic) bond motifs is 1. The van der Waals surface area contributed by atoms with E-state index in [0.29, 0.717) is 23.8 Å². The molecule has 0 spiro atoms. The molecule has 1 N–H and O–H groups in total. The van der Waals surface area contributed by atoms with Crippen molar-refractivity contribution in [2.45, 2.75) is 39.7 Å². The lowest BCUT2D eigenvalue weighted by Gasteiger charge is -2.22. The topological polar surface area (TPSA) is 102 Å². The second kappa shape index (κ2) is 12.4. The Morgan fingerprint density at radius 3 is 2.64 bits per heavy atom. The number of nitrogens with one attached hydrogen (secondary N) is 1. The lowest BCUT2D eigenvalue weighted by atomic mass is 10.1. The second-order valence-electron chi connectivity index (χ2n) is 9.36. The number of hydrogen-bond donors (Lipinski definition) is 1. The summed E-state index contributed by atoms with van der Waals surface area (Å²) in [5.41, 5.74) is 4.89. The van der Waals surface area contributed by atoms with E-state index >= 15 is 0 Å². The van der Waals surface area contributed by atoms with E-state index < -0.39 is 0 Å². The summed E-state index contributed by atoms with van der Waals surface area (Å²) in [5, 5.41) is 2.88. The minimum absolute atomic E-state index is 0.145. The summed E-state index contributed by atoms with van der Waals surface area (Å²) in [7, 11) is 3.33. The number of methoxy groups -OCH3 is 1. The van der Waals surface area contributed by atoms with Crippen LogP contribution in [0, 0.1) is 6.92 Å². The highest BCUT2D eigenvalue weighted by Gasteiger charge is 2.24. The summed E-state index contributed by atoms with van der Waals surface area (Å²) in [6.07, 6.45) is 10.4. The number of amides is 2. The molecule has 0 aliphatic rings. The monoisotopic (exact) mass is 526 g/mol. The van der Waals surface area contributed by atoms with Gasteiger partial charge in [-0.15, -0.1) is 0 Å². The van der Waals surface area contributed by atoms with Gasteiger partial charge in [0, 0.05) is 50.0 Å². The third-order valence-corrected chi connectivity index (χ3v) is 6.62.